The molecule has 1 aromatic rings. The third-order valence-electron chi connectivity index (χ3n) is 2.36. The Hall–Kier alpha value is -0.550. The van der Waals surface area contributed by atoms with Crippen LogP contribution < -0.4 is 0 Å². The molecule has 0 bridgehead atoms. The Morgan fingerprint density at radius 3 is 2.62 bits per heavy atom. The van der Waals surface area contributed by atoms with Gasteiger partial charge in [0.15, 0.2) is 11.0 Å². The SMILES string of the molecule is CCCCCSc1nnc(CO)n1CCC. The molecule has 0 saturated carbocycles. The van der Waals surface area contributed by atoms with Gasteiger partial charge >= 0.3 is 0 Å². The molecule has 0 aliphatic heterocycles. The van der Waals surface area contributed by atoms with Gasteiger partial charge in [-0.15, -0.1) is 10.2 Å². The highest BCUT2D eigenvalue weighted by Gasteiger charge is 2.10. The summed E-state index contributed by atoms with van der Waals surface area (Å²) in [6.45, 7) is 5.18. The summed E-state index contributed by atoms with van der Waals surface area (Å²) in [5.74, 6) is 1.76. The molecule has 4 nitrogen and oxygen atoms in total. The van der Waals surface area contributed by atoms with Crippen LogP contribution >= 0.6 is 11.8 Å². The van der Waals surface area contributed by atoms with Crippen LogP contribution in [0.1, 0.15) is 45.4 Å². The molecule has 0 unspecified atom stereocenters. The van der Waals surface area contributed by atoms with Gasteiger partial charge in [0.05, 0.1) is 0 Å². The quantitative estimate of drug-likeness (QED) is 0.563. The van der Waals surface area contributed by atoms with E-state index in [0.29, 0.717) is 5.82 Å². The van der Waals surface area contributed by atoms with E-state index in [1.54, 1.807) is 11.8 Å². The van der Waals surface area contributed by atoms with Crippen molar-refractivity contribution >= 4 is 11.8 Å². The Kier molecular flexibility index (Phi) is 6.49. The molecule has 1 rings (SSSR count). The number of aliphatic hydroxyl groups excluding tert-OH is 1. The van der Waals surface area contributed by atoms with Crippen molar-refractivity contribution in [3.63, 3.8) is 0 Å². The van der Waals surface area contributed by atoms with Crippen molar-refractivity contribution in [3.8, 4) is 0 Å². The van der Waals surface area contributed by atoms with Crippen LogP contribution in [0.15, 0.2) is 5.16 Å². The zero-order chi connectivity index (χ0) is 11.8. The second-order valence-electron chi connectivity index (χ2n) is 3.76. The van der Waals surface area contributed by atoms with Crippen molar-refractivity contribution in [2.45, 2.75) is 57.8 Å². The summed E-state index contributed by atoms with van der Waals surface area (Å²) in [6.07, 6.45) is 4.76. The summed E-state index contributed by atoms with van der Waals surface area (Å²) < 4.78 is 2.02. The maximum absolute atomic E-state index is 9.14. The smallest absolute Gasteiger partial charge is 0.191 e. The highest BCUT2D eigenvalue weighted by atomic mass is 32.2. The fourth-order valence-corrected chi connectivity index (χ4v) is 2.49. The van der Waals surface area contributed by atoms with E-state index in [9.17, 15) is 0 Å². The van der Waals surface area contributed by atoms with Gasteiger partial charge in [0.1, 0.15) is 6.61 Å². The Balaban J connectivity index is 2.53. The molecule has 1 heterocycles. The van der Waals surface area contributed by atoms with Gasteiger partial charge in [-0.25, -0.2) is 0 Å². The van der Waals surface area contributed by atoms with E-state index >= 15 is 0 Å². The van der Waals surface area contributed by atoms with Crippen molar-refractivity contribution in [2.75, 3.05) is 5.75 Å². The number of thioether (sulfide) groups is 1. The van der Waals surface area contributed by atoms with Gasteiger partial charge in [-0.05, 0) is 12.8 Å². The molecule has 0 saturated heterocycles. The molecule has 0 radical (unpaired) electrons. The predicted octanol–water partition coefficient (Wildman–Crippen LogP) is 2.46. The van der Waals surface area contributed by atoms with Crippen LogP contribution in [0.25, 0.3) is 0 Å². The van der Waals surface area contributed by atoms with E-state index in [1.165, 1.54) is 19.3 Å². The van der Waals surface area contributed by atoms with Crippen molar-refractivity contribution in [3.05, 3.63) is 5.82 Å². The minimum absolute atomic E-state index is 0.0253. The number of rotatable bonds is 8. The molecule has 0 aromatic carbocycles. The fraction of sp³-hybridized carbons (Fsp3) is 0.818. The molecule has 16 heavy (non-hydrogen) atoms. The summed E-state index contributed by atoms with van der Waals surface area (Å²) in [4.78, 5) is 0. The number of aliphatic hydroxyl groups is 1. The zero-order valence-electron chi connectivity index (χ0n) is 10.1. The first-order valence-electron chi connectivity index (χ1n) is 5.99. The molecule has 5 heteroatoms. The molecular formula is C11H21N3OS. The van der Waals surface area contributed by atoms with Crippen molar-refractivity contribution < 1.29 is 5.11 Å². The van der Waals surface area contributed by atoms with Gasteiger partial charge in [-0.3, -0.25) is 0 Å². The fourth-order valence-electron chi connectivity index (χ4n) is 1.51. The molecule has 1 aromatic heterocycles. The predicted molar refractivity (Wildman–Crippen MR) is 66.5 cm³/mol. The second kappa shape index (κ2) is 7.68. The van der Waals surface area contributed by atoms with Gasteiger partial charge in [-0.2, -0.15) is 0 Å². The van der Waals surface area contributed by atoms with Crippen LogP contribution in [-0.2, 0) is 13.2 Å². The molecule has 0 amide bonds. The maximum Gasteiger partial charge on any atom is 0.191 e. The van der Waals surface area contributed by atoms with Crippen LogP contribution in [0.2, 0.25) is 0 Å². The molecule has 0 spiro atoms. The summed E-state index contributed by atoms with van der Waals surface area (Å²) in [6, 6.07) is 0. The second-order valence-corrected chi connectivity index (χ2v) is 4.83. The van der Waals surface area contributed by atoms with Crippen LogP contribution in [-0.4, -0.2) is 25.6 Å². The Bertz CT molecular complexity index is 301. The lowest BCUT2D eigenvalue weighted by atomic mass is 10.3. The van der Waals surface area contributed by atoms with E-state index in [0.717, 1.165) is 23.9 Å². The summed E-state index contributed by atoms with van der Waals surface area (Å²) in [5.41, 5.74) is 0. The van der Waals surface area contributed by atoms with Gasteiger partial charge < -0.3 is 9.67 Å². The summed E-state index contributed by atoms with van der Waals surface area (Å²) in [5, 5.41) is 18.2. The largest absolute Gasteiger partial charge is 0.388 e. The molecule has 0 atom stereocenters. The Labute approximate surface area is 101 Å². The van der Waals surface area contributed by atoms with Gasteiger partial charge in [0, 0.05) is 12.3 Å². The Morgan fingerprint density at radius 2 is 2.00 bits per heavy atom. The maximum atomic E-state index is 9.14. The monoisotopic (exact) mass is 243 g/mol. The third-order valence-corrected chi connectivity index (χ3v) is 3.41. The van der Waals surface area contributed by atoms with Crippen LogP contribution in [0, 0.1) is 0 Å². The number of hydrogen-bond donors (Lipinski definition) is 1. The highest BCUT2D eigenvalue weighted by molar-refractivity contribution is 7.99. The molecule has 1 N–H and O–H groups in total. The number of unbranched alkanes of at least 4 members (excludes halogenated alkanes) is 2. The van der Waals surface area contributed by atoms with E-state index in [1.807, 2.05) is 4.57 Å². The first-order valence-corrected chi connectivity index (χ1v) is 6.97. The lowest BCUT2D eigenvalue weighted by molar-refractivity contribution is 0.263. The van der Waals surface area contributed by atoms with E-state index in [4.69, 9.17) is 5.11 Å². The minimum atomic E-state index is -0.0253. The van der Waals surface area contributed by atoms with E-state index in [-0.39, 0.29) is 6.61 Å². The average molecular weight is 243 g/mol. The average Bonchev–Trinajstić information content (AvgIpc) is 2.68. The standard InChI is InChI=1S/C11H21N3OS/c1-3-5-6-8-16-11-13-12-10(9-15)14(11)7-4-2/h15H,3-9H2,1-2H3. The molecule has 92 valence electrons. The molecule has 0 aliphatic carbocycles. The van der Waals surface area contributed by atoms with Crippen LogP contribution in [0.5, 0.6) is 0 Å². The minimum Gasteiger partial charge on any atom is -0.388 e. The van der Waals surface area contributed by atoms with Gasteiger partial charge in [0.25, 0.3) is 0 Å². The van der Waals surface area contributed by atoms with Crippen LogP contribution in [0.3, 0.4) is 0 Å². The molecule has 0 aliphatic rings. The van der Waals surface area contributed by atoms with Crippen molar-refractivity contribution in [1.82, 2.24) is 14.8 Å². The topological polar surface area (TPSA) is 50.9 Å². The van der Waals surface area contributed by atoms with Crippen molar-refractivity contribution in [2.24, 2.45) is 0 Å². The highest BCUT2D eigenvalue weighted by Crippen LogP contribution is 2.19. The lowest BCUT2D eigenvalue weighted by Crippen LogP contribution is -2.04. The van der Waals surface area contributed by atoms with Crippen molar-refractivity contribution in [1.29, 1.82) is 0 Å². The first kappa shape index (κ1) is 13.5. The Morgan fingerprint density at radius 1 is 1.19 bits per heavy atom. The first-order chi connectivity index (χ1) is 7.83. The lowest BCUT2D eigenvalue weighted by Gasteiger charge is -2.06. The van der Waals surface area contributed by atoms with Gasteiger partial charge in [-0.1, -0.05) is 38.5 Å². The molecule has 0 fully saturated rings. The zero-order valence-corrected chi connectivity index (χ0v) is 11.0. The van der Waals surface area contributed by atoms with E-state index < -0.39 is 0 Å². The number of hydrogen-bond acceptors (Lipinski definition) is 4. The van der Waals surface area contributed by atoms with E-state index in [2.05, 4.69) is 24.0 Å². The summed E-state index contributed by atoms with van der Waals surface area (Å²) >= 11 is 1.74. The normalized spacial score (nSPS) is 10.9. The number of aromatic nitrogens is 3. The van der Waals surface area contributed by atoms with Crippen LogP contribution in [0.4, 0.5) is 0 Å². The number of nitrogens with zero attached hydrogens (tertiary/aromatic N) is 3. The van der Waals surface area contributed by atoms with Gasteiger partial charge in [0.2, 0.25) is 0 Å². The third kappa shape index (κ3) is 3.79. The molecular weight excluding hydrogens is 222 g/mol. The summed E-state index contributed by atoms with van der Waals surface area (Å²) in [7, 11) is 0.